The number of amides is 7. The van der Waals surface area contributed by atoms with E-state index >= 15 is 0 Å². The van der Waals surface area contributed by atoms with Gasteiger partial charge in [0.15, 0.2) is 5.78 Å². The van der Waals surface area contributed by atoms with Crippen LogP contribution in [0.3, 0.4) is 0 Å². The Labute approximate surface area is 477 Å². The fourth-order valence-corrected chi connectivity index (χ4v) is 12.0. The second-order valence-corrected chi connectivity index (χ2v) is 23.3. The summed E-state index contributed by atoms with van der Waals surface area (Å²) in [5.74, 6) is 1.16. The fourth-order valence-electron chi connectivity index (χ4n) is 11.5. The van der Waals surface area contributed by atoms with Gasteiger partial charge in [-0.1, -0.05) is 110 Å². The molecule has 0 bridgehead atoms. The SMILES string of the molecule is NC(=O)CC[C@H](NC(=O)[C@@H]1Cc2cccc3c2N1C(=O)[C@@H](NC(=O)c1ccc2cc(C(F)(F)P(=O)(O)O)ccc2c1)CC3)C(=O)C[C@H](C(=O)CCCCCCCCC#Cc1cccc2c1CN(C1CCC(=O)NC1=O)C2=O)c1ccccc1. The van der Waals surface area contributed by atoms with Gasteiger partial charge in [-0.3, -0.25) is 57.9 Å². The van der Waals surface area contributed by atoms with Crippen LogP contribution in [0.1, 0.15) is 150 Å². The largest absolute Gasteiger partial charge is 0.399 e. The molecule has 1 fully saturated rings. The van der Waals surface area contributed by atoms with Gasteiger partial charge in [0.25, 0.3) is 11.8 Å². The quantitative estimate of drug-likeness (QED) is 0.0166. The summed E-state index contributed by atoms with van der Waals surface area (Å²) in [5.41, 5.74) is 4.86. The van der Waals surface area contributed by atoms with E-state index in [1.165, 1.54) is 34.1 Å². The first kappa shape index (κ1) is 59.4. The second-order valence-electron chi connectivity index (χ2n) is 21.6. The van der Waals surface area contributed by atoms with Gasteiger partial charge < -0.3 is 31.1 Å². The van der Waals surface area contributed by atoms with Crippen LogP contribution in [-0.4, -0.2) is 91.8 Å². The topological polar surface area (TPSA) is 280 Å². The van der Waals surface area contributed by atoms with E-state index in [2.05, 4.69) is 27.8 Å². The van der Waals surface area contributed by atoms with Crippen molar-refractivity contribution in [3.63, 3.8) is 0 Å². The predicted molar refractivity (Wildman–Crippen MR) is 301 cm³/mol. The van der Waals surface area contributed by atoms with Gasteiger partial charge in [-0.25, -0.2) is 0 Å². The molecule has 432 valence electrons. The number of rotatable bonds is 23. The number of imide groups is 1. The van der Waals surface area contributed by atoms with E-state index in [-0.39, 0.29) is 86.5 Å². The maximum Gasteiger partial charge on any atom is 0.399 e. The van der Waals surface area contributed by atoms with Crippen LogP contribution in [0.25, 0.3) is 10.8 Å². The van der Waals surface area contributed by atoms with E-state index in [1.807, 2.05) is 12.1 Å². The number of hydrogen-bond donors (Lipinski definition) is 6. The Kier molecular flexibility index (Phi) is 18.2. The highest BCUT2D eigenvalue weighted by atomic mass is 31.2. The molecule has 0 saturated carbocycles. The summed E-state index contributed by atoms with van der Waals surface area (Å²) >= 11 is 0. The molecule has 4 aliphatic heterocycles. The molecule has 7 N–H and O–H groups in total. The molecular formula is C62H63F2N6O12P. The number of alkyl halides is 2. The summed E-state index contributed by atoms with van der Waals surface area (Å²) in [7, 11) is -5.83. The van der Waals surface area contributed by atoms with E-state index in [0.29, 0.717) is 47.0 Å². The minimum Gasteiger partial charge on any atom is -0.370 e. The molecule has 21 heteroatoms. The third kappa shape index (κ3) is 13.3. The van der Waals surface area contributed by atoms with Crippen molar-refractivity contribution >= 4 is 77.0 Å². The molecular weight excluding hydrogens is 1090 g/mol. The zero-order valence-electron chi connectivity index (χ0n) is 45.4. The molecule has 4 heterocycles. The minimum atomic E-state index is -5.83. The highest BCUT2D eigenvalue weighted by Gasteiger charge is 2.51. The number of ketones is 2. The van der Waals surface area contributed by atoms with Crippen molar-refractivity contribution in [1.82, 2.24) is 20.9 Å². The molecule has 1 saturated heterocycles. The lowest BCUT2D eigenvalue weighted by Crippen LogP contribution is -2.56. The average molecular weight is 1150 g/mol. The minimum absolute atomic E-state index is 0.0610. The van der Waals surface area contributed by atoms with Crippen LogP contribution < -0.4 is 26.6 Å². The van der Waals surface area contributed by atoms with Gasteiger partial charge in [0.1, 0.15) is 23.9 Å². The number of aryl methyl sites for hydroxylation is 1. The van der Waals surface area contributed by atoms with Crippen LogP contribution >= 0.6 is 7.60 Å². The van der Waals surface area contributed by atoms with Crippen molar-refractivity contribution in [2.75, 3.05) is 4.90 Å². The molecule has 5 aromatic rings. The number of piperidine rings is 1. The Bertz CT molecular complexity index is 3540. The molecule has 5 atom stereocenters. The zero-order valence-corrected chi connectivity index (χ0v) is 46.3. The summed E-state index contributed by atoms with van der Waals surface area (Å²) in [6, 6.07) is 22.4. The molecule has 1 unspecified atom stereocenters. The molecule has 0 radical (unpaired) electrons. The normalized spacial score (nSPS) is 18.3. The van der Waals surface area contributed by atoms with Crippen molar-refractivity contribution in [3.05, 3.63) is 148 Å². The maximum absolute atomic E-state index is 14.6. The average Bonchev–Trinajstić information content (AvgIpc) is 4.25. The summed E-state index contributed by atoms with van der Waals surface area (Å²) < 4.78 is 40.5. The first-order valence-electron chi connectivity index (χ1n) is 27.9. The van der Waals surface area contributed by atoms with Crippen LogP contribution in [0.5, 0.6) is 0 Å². The first-order chi connectivity index (χ1) is 39.7. The number of hydrogen-bond acceptors (Lipinski definition) is 10. The Morgan fingerprint density at radius 3 is 2.25 bits per heavy atom. The molecule has 5 aromatic carbocycles. The van der Waals surface area contributed by atoms with Crippen LogP contribution in [0.4, 0.5) is 14.5 Å². The fraction of sp³-hybridized carbons (Fsp3) is 0.371. The third-order valence-corrected chi connectivity index (χ3v) is 17.0. The van der Waals surface area contributed by atoms with Gasteiger partial charge in [-0.15, -0.1) is 0 Å². The molecule has 4 aliphatic rings. The number of nitrogens with two attached hydrogens (primary N) is 1. The third-order valence-electron chi connectivity index (χ3n) is 16.0. The lowest BCUT2D eigenvalue weighted by molar-refractivity contribution is -0.137. The lowest BCUT2D eigenvalue weighted by atomic mass is 9.85. The second kappa shape index (κ2) is 25.5. The van der Waals surface area contributed by atoms with Crippen molar-refractivity contribution < 1.29 is 66.3 Å². The van der Waals surface area contributed by atoms with Gasteiger partial charge in [0, 0.05) is 73.2 Å². The van der Waals surface area contributed by atoms with E-state index in [1.54, 1.807) is 54.6 Å². The highest BCUT2D eigenvalue weighted by molar-refractivity contribution is 7.52. The number of halogens is 2. The van der Waals surface area contributed by atoms with E-state index in [4.69, 9.17) is 5.73 Å². The number of anilines is 1. The monoisotopic (exact) mass is 1150 g/mol. The number of nitrogens with zero attached hydrogens (tertiary/aromatic N) is 2. The summed E-state index contributed by atoms with van der Waals surface area (Å²) in [5, 5.41) is 8.39. The standard InChI is InChI=1S/C62H63F2N6O12P/c63-62(64,83(80,81)82)44-26-24-40-32-43(23-22-41(40)33-44)57(75)67-49-27-25-39-18-12-19-42-34-51(70(56(39)42)61(49)79)59(77)66-48(28-30-54(65)73)53(72)35-46(37-14-9-7-10-15-37)52(71)21-11-6-4-2-1-3-5-8-16-38-17-13-20-45-47(38)36-69(60(45)78)50-29-31-55(74)68-58(50)76/h7,9-10,12-15,17-20,22-24,26,32-33,46,48-51H,1-6,11,21,25,27-31,34-36H2,(H2,65,73)(H,66,77)(H,67,75)(H,68,74,76)(H2,80,81,82)/t46-,48-,49-,50?,51-/m0/s1. The molecule has 0 spiro atoms. The number of carbonyl (C=O) groups excluding carboxylic acids is 9. The van der Waals surface area contributed by atoms with Crippen LogP contribution in [0.2, 0.25) is 0 Å². The summed E-state index contributed by atoms with van der Waals surface area (Å²) in [6.45, 7) is 0.248. The lowest BCUT2D eigenvalue weighted by Gasteiger charge is -2.29. The number of benzene rings is 5. The molecule has 0 aromatic heterocycles. The van der Waals surface area contributed by atoms with Crippen LogP contribution in [-0.2, 0) is 63.2 Å². The van der Waals surface area contributed by atoms with Gasteiger partial charge in [-0.05, 0) is 102 Å². The van der Waals surface area contributed by atoms with Gasteiger partial charge in [0.05, 0.1) is 11.7 Å². The van der Waals surface area contributed by atoms with Crippen molar-refractivity contribution in [1.29, 1.82) is 0 Å². The van der Waals surface area contributed by atoms with Crippen molar-refractivity contribution in [2.45, 2.75) is 145 Å². The number of para-hydroxylation sites is 1. The number of Topliss-reactive ketones (excluding diaryl/α,β-unsaturated/α-hetero) is 2. The number of carbonyl (C=O) groups is 9. The zero-order chi connectivity index (χ0) is 59.2. The van der Waals surface area contributed by atoms with E-state index in [0.717, 1.165) is 60.9 Å². The van der Waals surface area contributed by atoms with Crippen LogP contribution in [0.15, 0.2) is 103 Å². The smallest absolute Gasteiger partial charge is 0.370 e. The summed E-state index contributed by atoms with van der Waals surface area (Å²) in [4.78, 5) is 142. The van der Waals surface area contributed by atoms with Gasteiger partial charge in [-0.2, -0.15) is 8.78 Å². The summed E-state index contributed by atoms with van der Waals surface area (Å²) in [6.07, 6.45) is 6.01. The number of fused-ring (bicyclic) bond motifs is 2. The Morgan fingerprint density at radius 2 is 1.51 bits per heavy atom. The molecule has 0 aliphatic carbocycles. The molecule has 9 rings (SSSR count). The molecule has 7 amide bonds. The van der Waals surface area contributed by atoms with Gasteiger partial charge in [0.2, 0.25) is 29.5 Å². The Hall–Kier alpha value is -8.24. The first-order valence-corrected chi connectivity index (χ1v) is 29.5. The predicted octanol–water partition coefficient (Wildman–Crippen LogP) is 7.07. The molecule has 18 nitrogen and oxygen atoms in total. The number of nitrogens with one attached hydrogen (secondary N) is 3. The van der Waals surface area contributed by atoms with E-state index < -0.39 is 84.2 Å². The van der Waals surface area contributed by atoms with E-state index in [9.17, 15) is 66.3 Å². The van der Waals surface area contributed by atoms with Gasteiger partial charge >= 0.3 is 13.3 Å². The number of unbranched alkanes of at least 4 members (excludes halogenated alkanes) is 6. The van der Waals surface area contributed by atoms with Crippen LogP contribution in [0, 0.1) is 11.8 Å². The Morgan fingerprint density at radius 1 is 0.795 bits per heavy atom. The maximum atomic E-state index is 14.6. The van der Waals surface area contributed by atoms with Crippen molar-refractivity contribution in [2.24, 2.45) is 5.73 Å². The Balaban J connectivity index is 0.792. The number of primary amides is 1. The highest BCUT2D eigenvalue weighted by Crippen LogP contribution is 2.59. The van der Waals surface area contributed by atoms with Crippen molar-refractivity contribution in [3.8, 4) is 11.8 Å². The molecule has 83 heavy (non-hydrogen) atoms.